The van der Waals surface area contributed by atoms with Gasteiger partial charge in [0.1, 0.15) is 5.76 Å². The Kier molecular flexibility index (Phi) is 6.20. The molecule has 0 aromatic carbocycles. The Labute approximate surface area is 126 Å². The molecule has 1 aromatic heterocycles. The Morgan fingerprint density at radius 1 is 1.48 bits per heavy atom. The summed E-state index contributed by atoms with van der Waals surface area (Å²) in [6.07, 6.45) is 1.63. The van der Waals surface area contributed by atoms with Gasteiger partial charge in [-0.25, -0.2) is 4.79 Å². The largest absolute Gasteiger partial charge is 0.394 e. The second-order valence-corrected chi connectivity index (χ2v) is 5.94. The summed E-state index contributed by atoms with van der Waals surface area (Å²) in [6, 6.07) is -0.265. The number of nitrogens with zero attached hydrogens (tertiary/aromatic N) is 1. The van der Waals surface area contributed by atoms with Gasteiger partial charge in [-0.1, -0.05) is 25.4 Å². The monoisotopic (exact) mass is 297 g/mol. The Morgan fingerprint density at radius 3 is 2.62 bits per heavy atom. The van der Waals surface area contributed by atoms with Crippen molar-refractivity contribution in [2.75, 3.05) is 13.2 Å². The molecule has 2 amide bonds. The molecule has 0 aliphatic rings. The van der Waals surface area contributed by atoms with Crippen LogP contribution in [0.3, 0.4) is 0 Å². The quantitative estimate of drug-likeness (QED) is 0.720. The van der Waals surface area contributed by atoms with Gasteiger partial charge < -0.3 is 20.3 Å². The number of nitrogens with one attached hydrogen (secondary N) is 2. The van der Waals surface area contributed by atoms with E-state index in [0.29, 0.717) is 6.54 Å². The lowest BCUT2D eigenvalue weighted by Gasteiger charge is -2.28. The molecule has 2 atom stereocenters. The fourth-order valence-corrected chi connectivity index (χ4v) is 2.59. The first kappa shape index (κ1) is 17.5. The van der Waals surface area contributed by atoms with Crippen LogP contribution in [0.4, 0.5) is 4.79 Å². The van der Waals surface area contributed by atoms with Crippen molar-refractivity contribution < 1.29 is 14.4 Å². The van der Waals surface area contributed by atoms with Crippen LogP contribution < -0.4 is 10.6 Å². The van der Waals surface area contributed by atoms with Crippen molar-refractivity contribution in [3.8, 4) is 0 Å². The van der Waals surface area contributed by atoms with E-state index in [1.54, 1.807) is 0 Å². The number of carbonyl (C=O) groups is 1. The third kappa shape index (κ3) is 4.74. The molecule has 2 unspecified atom stereocenters. The van der Waals surface area contributed by atoms with Gasteiger partial charge in [0.05, 0.1) is 17.8 Å². The minimum Gasteiger partial charge on any atom is -0.394 e. The van der Waals surface area contributed by atoms with Crippen molar-refractivity contribution >= 4 is 6.03 Å². The van der Waals surface area contributed by atoms with Gasteiger partial charge in [0, 0.05) is 18.0 Å². The van der Waals surface area contributed by atoms with Gasteiger partial charge >= 0.3 is 6.03 Å². The summed E-state index contributed by atoms with van der Waals surface area (Å²) in [4.78, 5) is 12.0. The molecule has 0 spiro atoms. The number of hydrogen-bond donors (Lipinski definition) is 3. The van der Waals surface area contributed by atoms with Crippen molar-refractivity contribution in [2.24, 2.45) is 0 Å². The van der Waals surface area contributed by atoms with Crippen LogP contribution in [0.25, 0.3) is 0 Å². The highest BCUT2D eigenvalue weighted by atomic mass is 16.5. The molecule has 0 aliphatic heterocycles. The maximum Gasteiger partial charge on any atom is 0.315 e. The predicted molar refractivity (Wildman–Crippen MR) is 81.3 cm³/mol. The number of aryl methyl sites for hydroxylation is 2. The molecule has 1 aromatic rings. The number of aromatic nitrogens is 1. The van der Waals surface area contributed by atoms with Crippen LogP contribution in [-0.2, 0) is 0 Å². The van der Waals surface area contributed by atoms with Crippen molar-refractivity contribution in [1.29, 1.82) is 0 Å². The van der Waals surface area contributed by atoms with Crippen LogP contribution in [0.15, 0.2) is 4.52 Å². The zero-order valence-corrected chi connectivity index (χ0v) is 13.6. The van der Waals surface area contributed by atoms with Crippen LogP contribution in [0.2, 0.25) is 0 Å². The van der Waals surface area contributed by atoms with Crippen LogP contribution in [0.5, 0.6) is 0 Å². The molecule has 3 N–H and O–H groups in total. The normalized spacial score (nSPS) is 15.3. The predicted octanol–water partition coefficient (Wildman–Crippen LogP) is 2.25. The van der Waals surface area contributed by atoms with Gasteiger partial charge in [-0.15, -0.1) is 0 Å². The van der Waals surface area contributed by atoms with E-state index in [1.807, 2.05) is 34.6 Å². The van der Waals surface area contributed by atoms with E-state index in [-0.39, 0.29) is 18.6 Å². The summed E-state index contributed by atoms with van der Waals surface area (Å²) in [6.45, 7) is 10.1. The average Bonchev–Trinajstić information content (AvgIpc) is 2.76. The molecule has 0 saturated heterocycles. The molecule has 0 saturated carbocycles. The summed E-state index contributed by atoms with van der Waals surface area (Å²) >= 11 is 0. The number of carbonyl (C=O) groups excluding carboxylic acids is 1. The Bertz CT molecular complexity index is 453. The highest BCUT2D eigenvalue weighted by Gasteiger charge is 2.25. The highest BCUT2D eigenvalue weighted by Crippen LogP contribution is 2.22. The van der Waals surface area contributed by atoms with Gasteiger partial charge in [-0.3, -0.25) is 0 Å². The summed E-state index contributed by atoms with van der Waals surface area (Å²) in [5.74, 6) is 0.905. The fourth-order valence-electron chi connectivity index (χ4n) is 2.59. The molecule has 1 heterocycles. The molecule has 6 heteroatoms. The lowest BCUT2D eigenvalue weighted by Crippen LogP contribution is -2.52. The molecule has 0 radical (unpaired) electrons. The molecule has 6 nitrogen and oxygen atoms in total. The van der Waals surface area contributed by atoms with Gasteiger partial charge in [-0.05, 0) is 27.2 Å². The molecule has 0 aliphatic carbocycles. The number of aliphatic hydroxyl groups excluding tert-OH is 1. The number of hydrogen-bond acceptors (Lipinski definition) is 4. The zero-order valence-electron chi connectivity index (χ0n) is 13.6. The summed E-state index contributed by atoms with van der Waals surface area (Å²) < 4.78 is 5.14. The Balaban J connectivity index is 2.53. The third-order valence-electron chi connectivity index (χ3n) is 3.72. The minimum absolute atomic E-state index is 0.0757. The molecule has 0 bridgehead atoms. The second kappa shape index (κ2) is 7.45. The van der Waals surface area contributed by atoms with E-state index in [1.165, 1.54) is 0 Å². The van der Waals surface area contributed by atoms with E-state index in [9.17, 15) is 9.90 Å². The van der Waals surface area contributed by atoms with E-state index in [0.717, 1.165) is 29.9 Å². The maximum atomic E-state index is 12.0. The Hall–Kier alpha value is -1.56. The van der Waals surface area contributed by atoms with Crippen LogP contribution >= 0.6 is 0 Å². The molecule has 21 heavy (non-hydrogen) atoms. The standard InChI is InChI=1S/C15H27N3O3/c1-6-7-15(5,9-19)17-14(20)16-8-10(2)13-11(3)18-21-12(13)4/h10,19H,6-9H2,1-5H3,(H2,16,17,20). The topological polar surface area (TPSA) is 87.4 Å². The lowest BCUT2D eigenvalue weighted by molar-refractivity contribution is 0.163. The van der Waals surface area contributed by atoms with Gasteiger partial charge in [0.15, 0.2) is 0 Å². The number of aliphatic hydroxyl groups is 1. The SMILES string of the molecule is CCCC(C)(CO)NC(=O)NCC(C)c1c(C)noc1C. The van der Waals surface area contributed by atoms with E-state index >= 15 is 0 Å². The molecular weight excluding hydrogens is 270 g/mol. The third-order valence-corrected chi connectivity index (χ3v) is 3.72. The van der Waals surface area contributed by atoms with E-state index < -0.39 is 5.54 Å². The summed E-state index contributed by atoms with van der Waals surface area (Å²) in [5.41, 5.74) is 1.31. The van der Waals surface area contributed by atoms with Gasteiger partial charge in [0.25, 0.3) is 0 Å². The first-order valence-corrected chi connectivity index (χ1v) is 7.42. The molecule has 1 rings (SSSR count). The zero-order chi connectivity index (χ0) is 16.0. The van der Waals surface area contributed by atoms with Crippen molar-refractivity contribution in [1.82, 2.24) is 15.8 Å². The molecule has 0 fully saturated rings. The number of urea groups is 1. The Morgan fingerprint density at radius 2 is 2.14 bits per heavy atom. The molecular formula is C15H27N3O3. The summed E-state index contributed by atoms with van der Waals surface area (Å²) in [7, 11) is 0. The highest BCUT2D eigenvalue weighted by molar-refractivity contribution is 5.74. The van der Waals surface area contributed by atoms with Crippen LogP contribution in [0.1, 0.15) is 56.5 Å². The summed E-state index contributed by atoms with van der Waals surface area (Å²) in [5, 5.41) is 19.0. The van der Waals surface area contributed by atoms with Crippen molar-refractivity contribution in [2.45, 2.75) is 58.9 Å². The average molecular weight is 297 g/mol. The van der Waals surface area contributed by atoms with Crippen LogP contribution in [0, 0.1) is 13.8 Å². The molecule has 120 valence electrons. The van der Waals surface area contributed by atoms with Crippen molar-refractivity contribution in [3.63, 3.8) is 0 Å². The van der Waals surface area contributed by atoms with Gasteiger partial charge in [-0.2, -0.15) is 0 Å². The smallest absolute Gasteiger partial charge is 0.315 e. The fraction of sp³-hybridized carbons (Fsp3) is 0.733. The van der Waals surface area contributed by atoms with Gasteiger partial charge in [0.2, 0.25) is 0 Å². The first-order chi connectivity index (χ1) is 9.83. The van der Waals surface area contributed by atoms with Crippen LogP contribution in [-0.4, -0.2) is 35.0 Å². The van der Waals surface area contributed by atoms with E-state index in [2.05, 4.69) is 15.8 Å². The number of amides is 2. The first-order valence-electron chi connectivity index (χ1n) is 7.42. The number of rotatable bonds is 7. The van der Waals surface area contributed by atoms with Crippen molar-refractivity contribution in [3.05, 3.63) is 17.0 Å². The van der Waals surface area contributed by atoms with E-state index in [4.69, 9.17) is 4.52 Å². The minimum atomic E-state index is -0.578. The maximum absolute atomic E-state index is 12.0. The lowest BCUT2D eigenvalue weighted by atomic mass is 9.97. The second-order valence-electron chi connectivity index (χ2n) is 5.94.